The van der Waals surface area contributed by atoms with Gasteiger partial charge in [-0.1, -0.05) is 53.7 Å². The summed E-state index contributed by atoms with van der Waals surface area (Å²) in [5.41, 5.74) is 8.04. The normalized spacial score (nSPS) is 18.0. The molecule has 0 aliphatic heterocycles. The number of nitrogens with zero attached hydrogens (tertiary/aromatic N) is 2. The summed E-state index contributed by atoms with van der Waals surface area (Å²) < 4.78 is 7.32. The molecule has 5 rings (SSSR count). The lowest BCUT2D eigenvalue weighted by atomic mass is 9.91. The molecule has 5 N–H and O–H groups in total. The first-order chi connectivity index (χ1) is 19.1. The van der Waals surface area contributed by atoms with Gasteiger partial charge in [-0.15, -0.1) is 0 Å². The van der Waals surface area contributed by atoms with Crippen LogP contribution in [0.25, 0.3) is 27.4 Å². The van der Waals surface area contributed by atoms with Gasteiger partial charge in [0.2, 0.25) is 0 Å². The van der Waals surface area contributed by atoms with Crippen LogP contribution in [-0.2, 0) is 4.74 Å². The molecule has 9 nitrogen and oxygen atoms in total. The number of rotatable bonds is 5. The molecular weight excluding hydrogens is 506 g/mol. The number of carbonyl (C=O) groups is 2. The van der Waals surface area contributed by atoms with Crippen LogP contribution in [0.1, 0.15) is 62.5 Å². The van der Waals surface area contributed by atoms with Gasteiger partial charge in [0.05, 0.1) is 11.2 Å². The average molecular weight is 542 g/mol. The van der Waals surface area contributed by atoms with Crippen molar-refractivity contribution in [1.82, 2.24) is 15.2 Å². The van der Waals surface area contributed by atoms with Crippen LogP contribution in [0.5, 0.6) is 0 Å². The van der Waals surface area contributed by atoms with Crippen molar-refractivity contribution >= 4 is 39.5 Å². The van der Waals surface area contributed by atoms with E-state index in [9.17, 15) is 14.8 Å². The predicted molar refractivity (Wildman–Crippen MR) is 156 cm³/mol. The number of benzene rings is 3. The molecule has 0 atom stereocenters. The van der Waals surface area contributed by atoms with Crippen molar-refractivity contribution in [1.29, 1.82) is 0 Å². The number of alkyl carbamates (subject to hydrolysis) is 1. The van der Waals surface area contributed by atoms with Crippen LogP contribution >= 0.6 is 0 Å². The van der Waals surface area contributed by atoms with E-state index < -0.39 is 11.7 Å². The predicted octanol–water partition coefficient (Wildman–Crippen LogP) is 5.44. The molecule has 0 spiro atoms. The number of fused-ring (bicyclic) bond motifs is 2. The molecule has 3 aromatic carbocycles. The first-order valence-electron chi connectivity index (χ1n) is 13.5. The number of nitrogens with two attached hydrogens (primary N) is 1. The second kappa shape index (κ2) is 10.9. The number of nitrogens with one attached hydrogen (secondary N) is 2. The molecule has 1 aliphatic rings. The van der Waals surface area contributed by atoms with Gasteiger partial charge >= 0.3 is 6.09 Å². The van der Waals surface area contributed by atoms with Gasteiger partial charge in [-0.3, -0.25) is 4.79 Å². The summed E-state index contributed by atoms with van der Waals surface area (Å²) >= 11 is 0. The Balaban J connectivity index is 1.43. The maximum absolute atomic E-state index is 13.8. The van der Waals surface area contributed by atoms with Gasteiger partial charge in [-0.2, -0.15) is 0 Å². The third-order valence-electron chi connectivity index (χ3n) is 7.23. The maximum Gasteiger partial charge on any atom is 0.407 e. The SMILES string of the molecule is CC(C)(C)OC(=O)NC1CCC(NC(=O)c2cc3ccc(C(N)=NO)cc3n2-c2cccc3ccccc23)CC1. The summed E-state index contributed by atoms with van der Waals surface area (Å²) in [6.45, 7) is 5.52. The molecule has 0 bridgehead atoms. The van der Waals surface area contributed by atoms with Crippen LogP contribution in [0.3, 0.4) is 0 Å². The molecule has 208 valence electrons. The lowest BCUT2D eigenvalue weighted by Gasteiger charge is -2.30. The van der Waals surface area contributed by atoms with Crippen LogP contribution in [0.15, 0.2) is 71.9 Å². The number of carbonyl (C=O) groups excluding carboxylic acids is 2. The van der Waals surface area contributed by atoms with Crippen molar-refractivity contribution in [2.75, 3.05) is 0 Å². The fraction of sp³-hybridized carbons (Fsp3) is 0.323. The third kappa shape index (κ3) is 5.73. The molecule has 1 heterocycles. The number of oxime groups is 1. The zero-order valence-corrected chi connectivity index (χ0v) is 23.0. The van der Waals surface area contributed by atoms with E-state index >= 15 is 0 Å². The van der Waals surface area contributed by atoms with Gasteiger partial charge < -0.3 is 30.9 Å². The summed E-state index contributed by atoms with van der Waals surface area (Å²) in [6.07, 6.45) is 2.58. The van der Waals surface area contributed by atoms with E-state index in [2.05, 4.69) is 15.8 Å². The standard InChI is InChI=1S/C31H35N5O4/c1-31(2,3)40-30(38)34-23-15-13-22(14-16-23)33-29(37)27-17-20-11-12-21(28(32)35-39)18-26(20)36(27)25-10-6-8-19-7-4-5-9-24(19)25/h4-12,17-18,22-23,39H,13-16H2,1-3H3,(H2,32,35)(H,33,37)(H,34,38). The molecule has 4 aromatic rings. The molecule has 0 radical (unpaired) electrons. The van der Waals surface area contributed by atoms with Crippen molar-refractivity contribution in [2.24, 2.45) is 10.9 Å². The molecule has 40 heavy (non-hydrogen) atoms. The van der Waals surface area contributed by atoms with Crippen LogP contribution in [-0.4, -0.2) is 45.3 Å². The van der Waals surface area contributed by atoms with Crippen LogP contribution in [0.4, 0.5) is 4.79 Å². The molecule has 0 unspecified atom stereocenters. The molecule has 1 fully saturated rings. The molecule has 2 amide bonds. The van der Waals surface area contributed by atoms with E-state index in [1.165, 1.54) is 0 Å². The third-order valence-corrected chi connectivity index (χ3v) is 7.23. The van der Waals surface area contributed by atoms with E-state index in [4.69, 9.17) is 10.5 Å². The highest BCUT2D eigenvalue weighted by Gasteiger charge is 2.27. The Labute approximate surface area is 233 Å². The Bertz CT molecular complexity index is 1590. The number of amides is 2. The average Bonchev–Trinajstić information content (AvgIpc) is 3.31. The maximum atomic E-state index is 13.8. The van der Waals surface area contributed by atoms with E-state index in [1.807, 2.05) is 86.0 Å². The molecule has 1 aliphatic carbocycles. The van der Waals surface area contributed by atoms with Gasteiger partial charge in [0.15, 0.2) is 5.84 Å². The topological polar surface area (TPSA) is 131 Å². The quantitative estimate of drug-likeness (QED) is 0.116. The van der Waals surface area contributed by atoms with Gasteiger partial charge in [0.1, 0.15) is 11.3 Å². The highest BCUT2D eigenvalue weighted by atomic mass is 16.6. The zero-order valence-electron chi connectivity index (χ0n) is 23.0. The first kappa shape index (κ1) is 27.1. The minimum Gasteiger partial charge on any atom is -0.444 e. The summed E-state index contributed by atoms with van der Waals surface area (Å²) in [5, 5.41) is 21.5. The molecule has 0 saturated heterocycles. The lowest BCUT2D eigenvalue weighted by molar-refractivity contribution is 0.0488. The van der Waals surface area contributed by atoms with Crippen molar-refractivity contribution in [3.63, 3.8) is 0 Å². The van der Waals surface area contributed by atoms with E-state index in [1.54, 1.807) is 6.07 Å². The monoisotopic (exact) mass is 541 g/mol. The number of ether oxygens (including phenoxy) is 1. The van der Waals surface area contributed by atoms with Gasteiger partial charge in [-0.25, -0.2) is 4.79 Å². The number of hydrogen-bond acceptors (Lipinski definition) is 5. The molecular formula is C31H35N5O4. The number of aromatic nitrogens is 1. The Kier molecular flexibility index (Phi) is 7.38. The summed E-state index contributed by atoms with van der Waals surface area (Å²) in [4.78, 5) is 26.0. The Morgan fingerprint density at radius 2 is 1.60 bits per heavy atom. The van der Waals surface area contributed by atoms with Crippen LogP contribution in [0.2, 0.25) is 0 Å². The molecule has 9 heteroatoms. The fourth-order valence-corrected chi connectivity index (χ4v) is 5.36. The fourth-order valence-electron chi connectivity index (χ4n) is 5.36. The van der Waals surface area contributed by atoms with Gasteiger partial charge in [-0.05, 0) is 70.0 Å². The molecule has 1 saturated carbocycles. The number of hydrogen-bond donors (Lipinski definition) is 4. The Morgan fingerprint density at radius 1 is 0.925 bits per heavy atom. The molecule has 1 aromatic heterocycles. The van der Waals surface area contributed by atoms with E-state index in [0.717, 1.165) is 53.0 Å². The summed E-state index contributed by atoms with van der Waals surface area (Å²) in [7, 11) is 0. The number of amidine groups is 1. The van der Waals surface area contributed by atoms with Crippen molar-refractivity contribution in [2.45, 2.75) is 64.1 Å². The highest BCUT2D eigenvalue weighted by Crippen LogP contribution is 2.31. The minimum atomic E-state index is -0.546. The summed E-state index contributed by atoms with van der Waals surface area (Å²) in [5.74, 6) is -0.187. The largest absolute Gasteiger partial charge is 0.444 e. The van der Waals surface area contributed by atoms with Crippen molar-refractivity contribution in [3.05, 3.63) is 78.0 Å². The van der Waals surface area contributed by atoms with E-state index in [-0.39, 0.29) is 23.8 Å². The highest BCUT2D eigenvalue weighted by molar-refractivity contribution is 6.05. The first-order valence-corrected chi connectivity index (χ1v) is 13.5. The minimum absolute atomic E-state index is 0.00433. The van der Waals surface area contributed by atoms with Crippen LogP contribution in [0, 0.1) is 0 Å². The second-order valence-corrected chi connectivity index (χ2v) is 11.3. The smallest absolute Gasteiger partial charge is 0.407 e. The van der Waals surface area contributed by atoms with Crippen LogP contribution < -0.4 is 16.4 Å². The second-order valence-electron chi connectivity index (χ2n) is 11.3. The lowest BCUT2D eigenvalue weighted by Crippen LogP contribution is -2.45. The van der Waals surface area contributed by atoms with Crippen molar-refractivity contribution < 1.29 is 19.5 Å². The van der Waals surface area contributed by atoms with Gasteiger partial charge in [0.25, 0.3) is 5.91 Å². The summed E-state index contributed by atoms with van der Waals surface area (Å²) in [6, 6.07) is 21.4. The van der Waals surface area contributed by atoms with Crippen molar-refractivity contribution in [3.8, 4) is 5.69 Å². The Morgan fingerprint density at radius 3 is 2.30 bits per heavy atom. The van der Waals surface area contributed by atoms with E-state index in [0.29, 0.717) is 11.3 Å². The van der Waals surface area contributed by atoms with Gasteiger partial charge in [0, 0.05) is 28.4 Å². The zero-order chi connectivity index (χ0) is 28.4. The Hall–Kier alpha value is -4.53.